The summed E-state index contributed by atoms with van der Waals surface area (Å²) in [5, 5.41) is 9.76. The predicted molar refractivity (Wildman–Crippen MR) is 85.5 cm³/mol. The lowest BCUT2D eigenvalue weighted by Gasteiger charge is -2.18. The second-order valence-electron chi connectivity index (χ2n) is 5.40. The normalized spacial score (nSPS) is 18.6. The highest BCUT2D eigenvalue weighted by atomic mass is 32.2. The molecule has 8 nitrogen and oxygen atoms in total. The number of esters is 1. The van der Waals surface area contributed by atoms with Gasteiger partial charge < -0.3 is 14.6 Å². The summed E-state index contributed by atoms with van der Waals surface area (Å²) in [6, 6.07) is 4.27. The van der Waals surface area contributed by atoms with Crippen LogP contribution in [-0.2, 0) is 28.6 Å². The van der Waals surface area contributed by atoms with E-state index in [2.05, 4.69) is 4.99 Å². The maximum Gasteiger partial charge on any atom is 0.302 e. The molecule has 2 rings (SSSR count). The number of aromatic hydroxyl groups is 1. The van der Waals surface area contributed by atoms with E-state index in [4.69, 9.17) is 13.7 Å². The molecule has 0 saturated carbocycles. The SMILES string of the molecule is CC(=O)OC[C@H](OS(C)(=O)=O)[C@@H]1COC(c2cccc(O)c2C)=N1. The summed E-state index contributed by atoms with van der Waals surface area (Å²) < 4.78 is 38.2. The Bertz CT molecular complexity index is 757. The number of ether oxygens (including phenoxy) is 2. The van der Waals surface area contributed by atoms with Crippen molar-refractivity contribution in [2.75, 3.05) is 19.5 Å². The fourth-order valence-electron chi connectivity index (χ4n) is 2.21. The van der Waals surface area contributed by atoms with Gasteiger partial charge in [-0.05, 0) is 19.1 Å². The Balaban J connectivity index is 2.23. The van der Waals surface area contributed by atoms with E-state index in [0.717, 1.165) is 6.26 Å². The molecule has 1 aromatic rings. The summed E-state index contributed by atoms with van der Waals surface area (Å²) >= 11 is 0. The van der Waals surface area contributed by atoms with Crippen molar-refractivity contribution in [3.63, 3.8) is 0 Å². The Morgan fingerprint density at radius 1 is 1.50 bits per heavy atom. The molecule has 0 spiro atoms. The van der Waals surface area contributed by atoms with Gasteiger partial charge in [0, 0.05) is 18.1 Å². The minimum absolute atomic E-state index is 0.0753. The lowest BCUT2D eigenvalue weighted by Crippen LogP contribution is -2.35. The number of rotatable bonds is 6. The molecular formula is C15H19NO7S. The van der Waals surface area contributed by atoms with E-state index in [-0.39, 0.29) is 24.9 Å². The van der Waals surface area contributed by atoms with Crippen LogP contribution in [-0.4, -0.2) is 57.0 Å². The first kappa shape index (κ1) is 18.2. The van der Waals surface area contributed by atoms with Crippen LogP contribution in [0.15, 0.2) is 23.2 Å². The largest absolute Gasteiger partial charge is 0.508 e. The quantitative estimate of drug-likeness (QED) is 0.591. The Morgan fingerprint density at radius 3 is 2.83 bits per heavy atom. The van der Waals surface area contributed by atoms with E-state index in [0.29, 0.717) is 11.1 Å². The van der Waals surface area contributed by atoms with E-state index in [1.807, 2.05) is 0 Å². The molecule has 1 aliphatic rings. The molecule has 1 N–H and O–H groups in total. The zero-order valence-electron chi connectivity index (χ0n) is 13.6. The summed E-state index contributed by atoms with van der Waals surface area (Å²) in [6.07, 6.45) is -0.0767. The van der Waals surface area contributed by atoms with Crippen LogP contribution in [0.5, 0.6) is 5.75 Å². The number of aliphatic imine (C=N–C) groups is 1. The van der Waals surface area contributed by atoms with Crippen LogP contribution in [0.3, 0.4) is 0 Å². The third-order valence-electron chi connectivity index (χ3n) is 3.39. The van der Waals surface area contributed by atoms with Gasteiger partial charge in [0.25, 0.3) is 10.1 Å². The van der Waals surface area contributed by atoms with Crippen molar-refractivity contribution >= 4 is 22.0 Å². The molecule has 9 heteroatoms. The summed E-state index contributed by atoms with van der Waals surface area (Å²) in [7, 11) is -3.76. The van der Waals surface area contributed by atoms with Gasteiger partial charge in [-0.2, -0.15) is 8.42 Å². The number of carbonyl (C=O) groups excluding carboxylic acids is 1. The lowest BCUT2D eigenvalue weighted by atomic mass is 10.1. The molecule has 0 fully saturated rings. The molecular weight excluding hydrogens is 338 g/mol. The van der Waals surface area contributed by atoms with Crippen molar-refractivity contribution in [2.45, 2.75) is 26.0 Å². The zero-order valence-corrected chi connectivity index (χ0v) is 14.4. The van der Waals surface area contributed by atoms with Crippen molar-refractivity contribution in [1.82, 2.24) is 0 Å². The average Bonchev–Trinajstić information content (AvgIpc) is 2.94. The van der Waals surface area contributed by atoms with Crippen molar-refractivity contribution in [3.8, 4) is 5.75 Å². The molecule has 24 heavy (non-hydrogen) atoms. The summed E-state index contributed by atoms with van der Waals surface area (Å²) in [4.78, 5) is 15.3. The molecule has 0 saturated heterocycles. The Labute approximate surface area is 140 Å². The van der Waals surface area contributed by atoms with Crippen molar-refractivity contribution in [3.05, 3.63) is 29.3 Å². The van der Waals surface area contributed by atoms with E-state index in [9.17, 15) is 18.3 Å². The topological polar surface area (TPSA) is 111 Å². The number of hydrogen-bond donors (Lipinski definition) is 1. The number of benzene rings is 1. The smallest absolute Gasteiger partial charge is 0.302 e. The van der Waals surface area contributed by atoms with Gasteiger partial charge >= 0.3 is 5.97 Å². The van der Waals surface area contributed by atoms with Gasteiger partial charge in [0.15, 0.2) is 0 Å². The summed E-state index contributed by atoms with van der Waals surface area (Å²) in [6.45, 7) is 2.75. The number of phenols is 1. The number of hydrogen-bond acceptors (Lipinski definition) is 8. The molecule has 0 aromatic heterocycles. The lowest BCUT2D eigenvalue weighted by molar-refractivity contribution is -0.143. The van der Waals surface area contributed by atoms with Crippen LogP contribution < -0.4 is 0 Å². The Hall–Kier alpha value is -2.13. The molecule has 1 aliphatic heterocycles. The van der Waals surface area contributed by atoms with E-state index in [1.54, 1.807) is 25.1 Å². The second-order valence-corrected chi connectivity index (χ2v) is 7.00. The number of phenolic OH excluding ortho intramolecular Hbond substituents is 1. The van der Waals surface area contributed by atoms with Crippen LogP contribution in [0.1, 0.15) is 18.1 Å². The molecule has 2 atom stereocenters. The Morgan fingerprint density at radius 2 is 2.21 bits per heavy atom. The molecule has 0 bridgehead atoms. The second kappa shape index (κ2) is 7.18. The van der Waals surface area contributed by atoms with Crippen LogP contribution in [0, 0.1) is 6.92 Å². The highest BCUT2D eigenvalue weighted by Gasteiger charge is 2.33. The first-order valence-corrected chi connectivity index (χ1v) is 9.00. The summed E-state index contributed by atoms with van der Waals surface area (Å²) in [5.74, 6) is -0.173. The van der Waals surface area contributed by atoms with E-state index >= 15 is 0 Å². The predicted octanol–water partition coefficient (Wildman–Crippen LogP) is 0.754. The van der Waals surface area contributed by atoms with Gasteiger partial charge in [0.1, 0.15) is 31.1 Å². The van der Waals surface area contributed by atoms with Crippen molar-refractivity contribution in [1.29, 1.82) is 0 Å². The average molecular weight is 357 g/mol. The molecule has 132 valence electrons. The molecule has 0 radical (unpaired) electrons. The van der Waals surface area contributed by atoms with Crippen LogP contribution in [0.4, 0.5) is 0 Å². The van der Waals surface area contributed by atoms with Gasteiger partial charge in [-0.15, -0.1) is 0 Å². The minimum atomic E-state index is -3.76. The van der Waals surface area contributed by atoms with E-state index in [1.165, 1.54) is 6.92 Å². The van der Waals surface area contributed by atoms with Gasteiger partial charge in [-0.25, -0.2) is 4.99 Å². The highest BCUT2D eigenvalue weighted by Crippen LogP contribution is 2.24. The molecule has 0 aliphatic carbocycles. The molecule has 0 amide bonds. The van der Waals surface area contributed by atoms with Crippen LogP contribution >= 0.6 is 0 Å². The fourth-order valence-corrected chi connectivity index (χ4v) is 2.84. The number of nitrogens with zero attached hydrogens (tertiary/aromatic N) is 1. The zero-order chi connectivity index (χ0) is 17.9. The molecule has 1 heterocycles. The number of carbonyl (C=O) groups is 1. The van der Waals surface area contributed by atoms with Gasteiger partial charge in [-0.3, -0.25) is 8.98 Å². The Kier molecular flexibility index (Phi) is 5.45. The van der Waals surface area contributed by atoms with Crippen LogP contribution in [0.2, 0.25) is 0 Å². The van der Waals surface area contributed by atoms with Gasteiger partial charge in [-0.1, -0.05) is 6.07 Å². The van der Waals surface area contributed by atoms with Crippen molar-refractivity contribution in [2.24, 2.45) is 4.99 Å². The third kappa shape index (κ3) is 4.68. The van der Waals surface area contributed by atoms with Gasteiger partial charge in [0.05, 0.1) is 6.26 Å². The first-order valence-electron chi connectivity index (χ1n) is 7.18. The van der Waals surface area contributed by atoms with Crippen molar-refractivity contribution < 1.29 is 32.0 Å². The third-order valence-corrected chi connectivity index (χ3v) is 3.98. The fraction of sp³-hybridized carbons (Fsp3) is 0.467. The van der Waals surface area contributed by atoms with E-state index < -0.39 is 28.2 Å². The maximum absolute atomic E-state index is 11.4. The monoisotopic (exact) mass is 357 g/mol. The minimum Gasteiger partial charge on any atom is -0.508 e. The van der Waals surface area contributed by atoms with Gasteiger partial charge in [0.2, 0.25) is 5.90 Å². The maximum atomic E-state index is 11.4. The van der Waals surface area contributed by atoms with Crippen LogP contribution in [0.25, 0.3) is 0 Å². The molecule has 1 aromatic carbocycles. The summed E-state index contributed by atoms with van der Waals surface area (Å²) in [5.41, 5.74) is 1.19. The standard InChI is InChI=1S/C15H19NO7S/c1-9-11(5-4-6-13(9)18)15-16-12(7-22-15)14(8-21-10(2)17)23-24(3,19)20/h4-6,12,14,18H,7-8H2,1-3H3/t12-,14-/m0/s1. The highest BCUT2D eigenvalue weighted by molar-refractivity contribution is 7.86. The first-order chi connectivity index (χ1) is 11.2. The molecule has 0 unspecified atom stereocenters.